The van der Waals surface area contributed by atoms with E-state index in [-0.39, 0.29) is 0 Å². The van der Waals surface area contributed by atoms with Crippen LogP contribution in [0.3, 0.4) is 0 Å². The van der Waals surface area contributed by atoms with E-state index in [2.05, 4.69) is 16.6 Å². The molecule has 8 nitrogen and oxygen atoms in total. The highest BCUT2D eigenvalue weighted by molar-refractivity contribution is 4.55. The van der Waals surface area contributed by atoms with E-state index in [1.165, 1.54) is 0 Å². The quantitative estimate of drug-likeness (QED) is 0.430. The third kappa shape index (κ3) is 7.07. The van der Waals surface area contributed by atoms with Crippen LogP contribution in [0.2, 0.25) is 0 Å². The molecule has 81 valence electrons. The Morgan fingerprint density at radius 1 is 1.29 bits per heavy atom. The van der Waals surface area contributed by atoms with Gasteiger partial charge in [-0.3, -0.25) is 0 Å². The summed E-state index contributed by atoms with van der Waals surface area (Å²) in [4.78, 5) is 27.9. The minimum atomic E-state index is -1.01. The van der Waals surface area contributed by atoms with Gasteiger partial charge in [0, 0.05) is 0 Å². The lowest BCUT2D eigenvalue weighted by Gasteiger charge is -2.12. The SMILES string of the molecule is [CH2]CCCC(CO[N+](=O)[O-])O[N+](=O)[O-]. The first-order chi connectivity index (χ1) is 6.56. The van der Waals surface area contributed by atoms with E-state index in [0.717, 1.165) is 0 Å². The molecular formula is C6H11N2O6. The number of hydrogen-bond acceptors (Lipinski definition) is 6. The normalized spacial score (nSPS) is 11.8. The van der Waals surface area contributed by atoms with Crippen LogP contribution in [-0.2, 0) is 9.68 Å². The van der Waals surface area contributed by atoms with E-state index in [4.69, 9.17) is 0 Å². The Morgan fingerprint density at radius 2 is 1.93 bits per heavy atom. The Kier molecular flexibility index (Phi) is 6.08. The number of unbranched alkanes of at least 4 members (excludes halogenated alkanes) is 1. The third-order valence-corrected chi connectivity index (χ3v) is 1.38. The van der Waals surface area contributed by atoms with Crippen LogP contribution in [0.4, 0.5) is 0 Å². The topological polar surface area (TPSA) is 105 Å². The molecule has 0 saturated heterocycles. The van der Waals surface area contributed by atoms with Crippen molar-refractivity contribution in [2.24, 2.45) is 0 Å². The summed E-state index contributed by atoms with van der Waals surface area (Å²) in [5.41, 5.74) is 0. The van der Waals surface area contributed by atoms with Gasteiger partial charge in [0.2, 0.25) is 0 Å². The fraction of sp³-hybridized carbons (Fsp3) is 0.833. The number of hydrogen-bond donors (Lipinski definition) is 0. The van der Waals surface area contributed by atoms with Gasteiger partial charge in [0.15, 0.2) is 0 Å². The Balaban J connectivity index is 3.83. The molecule has 0 rings (SSSR count). The molecule has 0 aromatic rings. The summed E-state index contributed by atoms with van der Waals surface area (Å²) in [5, 5.41) is 17.8. The summed E-state index contributed by atoms with van der Waals surface area (Å²) >= 11 is 0. The molecule has 0 bridgehead atoms. The maximum Gasteiger partial charge on any atom is 0.294 e. The molecule has 0 heterocycles. The predicted octanol–water partition coefficient (Wildman–Crippen LogP) is 0.776. The highest BCUT2D eigenvalue weighted by atomic mass is 17.0. The van der Waals surface area contributed by atoms with E-state index >= 15 is 0 Å². The minimum absolute atomic E-state index is 0.304. The highest BCUT2D eigenvalue weighted by Crippen LogP contribution is 2.05. The minimum Gasteiger partial charge on any atom is -0.312 e. The van der Waals surface area contributed by atoms with Gasteiger partial charge in [-0.25, -0.2) is 0 Å². The maximum absolute atomic E-state index is 9.96. The highest BCUT2D eigenvalue weighted by Gasteiger charge is 2.14. The van der Waals surface area contributed by atoms with Gasteiger partial charge in [0.25, 0.3) is 10.2 Å². The lowest BCUT2D eigenvalue weighted by molar-refractivity contribution is -0.790. The first-order valence-electron chi connectivity index (χ1n) is 3.94. The third-order valence-electron chi connectivity index (χ3n) is 1.38. The van der Waals surface area contributed by atoms with E-state index in [1.807, 2.05) is 0 Å². The summed E-state index contributed by atoms with van der Waals surface area (Å²) in [7, 11) is 0. The van der Waals surface area contributed by atoms with Gasteiger partial charge in [0.05, 0.1) is 0 Å². The van der Waals surface area contributed by atoms with Gasteiger partial charge in [-0.15, -0.1) is 20.2 Å². The first-order valence-corrected chi connectivity index (χ1v) is 3.94. The second-order valence-corrected chi connectivity index (χ2v) is 2.47. The van der Waals surface area contributed by atoms with Crippen molar-refractivity contribution in [2.75, 3.05) is 6.61 Å². The van der Waals surface area contributed by atoms with E-state index in [0.29, 0.717) is 19.3 Å². The second kappa shape index (κ2) is 6.87. The number of nitrogens with zero attached hydrogens (tertiary/aromatic N) is 2. The van der Waals surface area contributed by atoms with Crippen molar-refractivity contribution in [3.8, 4) is 0 Å². The van der Waals surface area contributed by atoms with Crippen molar-refractivity contribution in [3.05, 3.63) is 27.2 Å². The van der Waals surface area contributed by atoms with Crippen molar-refractivity contribution >= 4 is 0 Å². The van der Waals surface area contributed by atoms with E-state index in [9.17, 15) is 20.2 Å². The molecule has 14 heavy (non-hydrogen) atoms. The molecule has 1 atom stereocenters. The fourth-order valence-electron chi connectivity index (χ4n) is 0.804. The van der Waals surface area contributed by atoms with E-state index in [1.54, 1.807) is 0 Å². The summed E-state index contributed by atoms with van der Waals surface area (Å²) in [6, 6.07) is 0. The zero-order chi connectivity index (χ0) is 11.0. The molecule has 8 heteroatoms. The molecule has 0 aromatic carbocycles. The summed E-state index contributed by atoms with van der Waals surface area (Å²) in [6.45, 7) is 3.10. The van der Waals surface area contributed by atoms with Crippen LogP contribution in [-0.4, -0.2) is 22.9 Å². The molecule has 0 aliphatic heterocycles. The summed E-state index contributed by atoms with van der Waals surface area (Å²) < 4.78 is 0. The first kappa shape index (κ1) is 12.4. The van der Waals surface area contributed by atoms with Crippen molar-refractivity contribution in [1.82, 2.24) is 0 Å². The van der Waals surface area contributed by atoms with Crippen molar-refractivity contribution in [3.63, 3.8) is 0 Å². The zero-order valence-corrected chi connectivity index (χ0v) is 7.46. The van der Waals surface area contributed by atoms with Crippen LogP contribution >= 0.6 is 0 Å². The van der Waals surface area contributed by atoms with Crippen LogP contribution in [0.5, 0.6) is 0 Å². The molecular weight excluding hydrogens is 196 g/mol. The van der Waals surface area contributed by atoms with Crippen LogP contribution < -0.4 is 0 Å². The standard InChI is InChI=1S/C6H11N2O6/c1-2-3-4-6(14-8(11)12)5-13-7(9)10/h6H,1-5H2. The van der Waals surface area contributed by atoms with Gasteiger partial charge in [-0.2, -0.15) is 0 Å². The zero-order valence-electron chi connectivity index (χ0n) is 7.46. The van der Waals surface area contributed by atoms with Gasteiger partial charge < -0.3 is 9.68 Å². The molecule has 0 amide bonds. The smallest absolute Gasteiger partial charge is 0.294 e. The van der Waals surface area contributed by atoms with Crippen LogP contribution in [0, 0.1) is 27.2 Å². The van der Waals surface area contributed by atoms with Gasteiger partial charge in [-0.05, 0) is 6.42 Å². The molecule has 0 N–H and O–H groups in total. The molecule has 0 spiro atoms. The predicted molar refractivity (Wildman–Crippen MR) is 44.0 cm³/mol. The molecule has 0 aromatic heterocycles. The van der Waals surface area contributed by atoms with Crippen molar-refractivity contribution in [2.45, 2.75) is 25.4 Å². The maximum atomic E-state index is 9.96. The van der Waals surface area contributed by atoms with Crippen molar-refractivity contribution in [1.29, 1.82) is 0 Å². The second-order valence-electron chi connectivity index (χ2n) is 2.47. The Hall–Kier alpha value is -1.60. The van der Waals surface area contributed by atoms with Gasteiger partial charge in [0.1, 0.15) is 12.7 Å². The molecule has 1 unspecified atom stereocenters. The van der Waals surface area contributed by atoms with E-state index < -0.39 is 22.9 Å². The molecule has 0 aliphatic rings. The summed E-state index contributed by atoms with van der Waals surface area (Å²) in [6.07, 6.45) is 0.561. The van der Waals surface area contributed by atoms with Crippen LogP contribution in [0.25, 0.3) is 0 Å². The average molecular weight is 207 g/mol. The van der Waals surface area contributed by atoms with Crippen LogP contribution in [0.15, 0.2) is 0 Å². The number of rotatable bonds is 8. The monoisotopic (exact) mass is 207 g/mol. The largest absolute Gasteiger partial charge is 0.312 e. The summed E-state index contributed by atoms with van der Waals surface area (Å²) in [5.74, 6) is 0. The Morgan fingerprint density at radius 3 is 2.36 bits per heavy atom. The lowest BCUT2D eigenvalue weighted by atomic mass is 10.2. The van der Waals surface area contributed by atoms with Crippen molar-refractivity contribution < 1.29 is 19.8 Å². The van der Waals surface area contributed by atoms with Crippen LogP contribution in [0.1, 0.15) is 19.3 Å². The fourth-order valence-corrected chi connectivity index (χ4v) is 0.804. The molecule has 1 radical (unpaired) electrons. The average Bonchev–Trinajstić information content (AvgIpc) is 2.09. The Labute approximate surface area is 80.0 Å². The molecule has 0 saturated carbocycles. The molecule has 0 fully saturated rings. The van der Waals surface area contributed by atoms with Gasteiger partial charge >= 0.3 is 0 Å². The lowest BCUT2D eigenvalue weighted by Crippen LogP contribution is -2.24. The Bertz CT molecular complexity index is 197. The molecule has 0 aliphatic carbocycles. The van der Waals surface area contributed by atoms with Gasteiger partial charge in [-0.1, -0.05) is 19.8 Å².